The molecule has 0 bridgehead atoms. The summed E-state index contributed by atoms with van der Waals surface area (Å²) in [7, 11) is 1.29. The zero-order valence-electron chi connectivity index (χ0n) is 10.7. The number of thiophene rings is 1. The summed E-state index contributed by atoms with van der Waals surface area (Å²) in [6, 6.07) is 0. The molecule has 0 atom stereocenters. The zero-order chi connectivity index (χ0) is 14.0. The van der Waals surface area contributed by atoms with Crippen molar-refractivity contribution >= 4 is 33.8 Å². The van der Waals surface area contributed by atoms with Crippen LogP contribution in [0, 0.1) is 5.92 Å². The van der Waals surface area contributed by atoms with E-state index in [1.165, 1.54) is 18.4 Å². The maximum absolute atomic E-state index is 12.1. The summed E-state index contributed by atoms with van der Waals surface area (Å²) >= 11 is 1.21. The number of hydrogen-bond acceptors (Lipinski definition) is 6. The van der Waals surface area contributed by atoms with Crippen LogP contribution in [0.3, 0.4) is 0 Å². The van der Waals surface area contributed by atoms with E-state index in [4.69, 9.17) is 10.5 Å². The zero-order valence-corrected chi connectivity index (χ0v) is 11.5. The topological polar surface area (TPSA) is 81.4 Å². The molecule has 1 saturated carbocycles. The number of ketones is 1. The second-order valence-corrected chi connectivity index (χ2v) is 5.37. The Kier molecular flexibility index (Phi) is 3.90. The van der Waals surface area contributed by atoms with Crippen molar-refractivity contribution in [2.75, 3.05) is 24.7 Å². The summed E-state index contributed by atoms with van der Waals surface area (Å²) in [4.78, 5) is 24.3. The Hall–Kier alpha value is -1.82. The van der Waals surface area contributed by atoms with Crippen molar-refractivity contribution in [3.63, 3.8) is 0 Å². The first-order chi connectivity index (χ1) is 9.10. The Morgan fingerprint density at radius 1 is 1.58 bits per heavy atom. The van der Waals surface area contributed by atoms with Crippen LogP contribution in [-0.4, -0.2) is 25.4 Å². The molecule has 1 aliphatic carbocycles. The molecule has 0 aliphatic heterocycles. The first kappa shape index (κ1) is 13.6. The van der Waals surface area contributed by atoms with Gasteiger partial charge in [-0.2, -0.15) is 0 Å². The molecule has 0 radical (unpaired) electrons. The Morgan fingerprint density at radius 2 is 2.26 bits per heavy atom. The number of methoxy groups -OCH3 is 1. The molecule has 0 spiro atoms. The van der Waals surface area contributed by atoms with Crippen LogP contribution in [0.15, 0.2) is 12.7 Å². The maximum atomic E-state index is 12.1. The minimum Gasteiger partial charge on any atom is -0.465 e. The lowest BCUT2D eigenvalue weighted by atomic mass is 10.1. The summed E-state index contributed by atoms with van der Waals surface area (Å²) in [5.41, 5.74) is 6.41. The molecule has 1 heterocycles. The van der Waals surface area contributed by atoms with E-state index in [9.17, 15) is 9.59 Å². The monoisotopic (exact) mass is 280 g/mol. The normalized spacial score (nSPS) is 13.9. The van der Waals surface area contributed by atoms with Gasteiger partial charge in [0.15, 0.2) is 5.78 Å². The number of nitrogen functional groups attached to an aromatic ring is 1. The van der Waals surface area contributed by atoms with Crippen molar-refractivity contribution in [3.05, 3.63) is 23.1 Å². The van der Waals surface area contributed by atoms with E-state index in [0.717, 1.165) is 12.8 Å². The molecule has 1 aromatic rings. The van der Waals surface area contributed by atoms with Crippen LogP contribution in [-0.2, 0) is 4.74 Å². The lowest BCUT2D eigenvalue weighted by Crippen LogP contribution is -2.09. The van der Waals surface area contributed by atoms with Crippen LogP contribution < -0.4 is 11.1 Å². The van der Waals surface area contributed by atoms with Gasteiger partial charge in [0.1, 0.15) is 10.6 Å². The number of rotatable bonds is 6. The number of nitrogens with one attached hydrogen (secondary N) is 1. The quantitative estimate of drug-likeness (QED) is 0.475. The van der Waals surface area contributed by atoms with E-state index in [0.29, 0.717) is 16.4 Å². The van der Waals surface area contributed by atoms with Gasteiger partial charge in [-0.25, -0.2) is 4.79 Å². The minimum atomic E-state index is -0.532. The summed E-state index contributed by atoms with van der Waals surface area (Å²) in [6.07, 6.45) is 3.47. The third kappa shape index (κ3) is 2.63. The number of carbonyl (C=O) groups is 2. The molecule has 0 aromatic carbocycles. The predicted octanol–water partition coefficient (Wildman–Crippen LogP) is 2.31. The molecule has 1 aromatic heterocycles. The third-order valence-corrected chi connectivity index (χ3v) is 4.09. The number of ether oxygens (including phenoxy) is 1. The van der Waals surface area contributed by atoms with Crippen molar-refractivity contribution in [1.82, 2.24) is 0 Å². The molecule has 3 N–H and O–H groups in total. The van der Waals surface area contributed by atoms with E-state index < -0.39 is 5.97 Å². The van der Waals surface area contributed by atoms with Crippen molar-refractivity contribution in [2.24, 2.45) is 5.92 Å². The Labute approximate surface area is 115 Å². The maximum Gasteiger partial charge on any atom is 0.343 e. The first-order valence-corrected chi connectivity index (χ1v) is 6.81. The Bertz CT molecular complexity index is 532. The second-order valence-electron chi connectivity index (χ2n) is 4.35. The Balaban J connectivity index is 2.39. The fourth-order valence-electron chi connectivity index (χ4n) is 1.75. The SMILES string of the molecule is C=CCNc1sc(C(=O)C2CC2)c(N)c1C(=O)OC. The van der Waals surface area contributed by atoms with Gasteiger partial charge in [0, 0.05) is 12.5 Å². The van der Waals surface area contributed by atoms with E-state index in [2.05, 4.69) is 11.9 Å². The molecule has 1 aliphatic rings. The highest BCUT2D eigenvalue weighted by Gasteiger charge is 2.35. The minimum absolute atomic E-state index is 0.0271. The average Bonchev–Trinajstić information content (AvgIpc) is 3.20. The van der Waals surface area contributed by atoms with Crippen LogP contribution in [0.1, 0.15) is 32.9 Å². The van der Waals surface area contributed by atoms with Gasteiger partial charge in [-0.3, -0.25) is 4.79 Å². The molecule has 0 saturated heterocycles. The molecule has 19 heavy (non-hydrogen) atoms. The molecular formula is C13H16N2O3S. The van der Waals surface area contributed by atoms with Gasteiger partial charge in [0.2, 0.25) is 0 Å². The number of anilines is 2. The highest BCUT2D eigenvalue weighted by molar-refractivity contribution is 7.19. The molecule has 6 heteroatoms. The van der Waals surface area contributed by atoms with E-state index in [1.54, 1.807) is 6.08 Å². The summed E-state index contributed by atoms with van der Waals surface area (Å²) in [6.45, 7) is 4.09. The van der Waals surface area contributed by atoms with Crippen LogP contribution in [0.4, 0.5) is 10.7 Å². The Morgan fingerprint density at radius 3 is 2.79 bits per heavy atom. The van der Waals surface area contributed by atoms with Crippen molar-refractivity contribution in [1.29, 1.82) is 0 Å². The molecular weight excluding hydrogens is 264 g/mol. The molecule has 0 amide bonds. The van der Waals surface area contributed by atoms with Crippen LogP contribution in [0.5, 0.6) is 0 Å². The average molecular weight is 280 g/mol. The fourth-order valence-corrected chi connectivity index (χ4v) is 2.89. The van der Waals surface area contributed by atoms with Crippen LogP contribution >= 0.6 is 11.3 Å². The van der Waals surface area contributed by atoms with Gasteiger partial charge in [-0.15, -0.1) is 17.9 Å². The van der Waals surface area contributed by atoms with E-state index in [-0.39, 0.29) is 23.0 Å². The fraction of sp³-hybridized carbons (Fsp3) is 0.385. The standard InChI is InChI=1S/C13H16N2O3S/c1-3-6-15-12-8(13(17)18-2)9(14)11(19-12)10(16)7-4-5-7/h3,7,15H,1,4-6,14H2,2H3. The highest BCUT2D eigenvalue weighted by Crippen LogP contribution is 2.41. The summed E-state index contributed by atoms with van der Waals surface area (Å²) < 4.78 is 4.72. The van der Waals surface area contributed by atoms with Gasteiger partial charge in [0.05, 0.1) is 17.7 Å². The summed E-state index contributed by atoms with van der Waals surface area (Å²) in [5.74, 6) is -0.437. The van der Waals surface area contributed by atoms with Crippen molar-refractivity contribution < 1.29 is 14.3 Å². The number of esters is 1. The molecule has 1 fully saturated rings. The second kappa shape index (κ2) is 5.44. The largest absolute Gasteiger partial charge is 0.465 e. The highest BCUT2D eigenvalue weighted by atomic mass is 32.1. The van der Waals surface area contributed by atoms with Gasteiger partial charge < -0.3 is 15.8 Å². The van der Waals surface area contributed by atoms with Crippen molar-refractivity contribution in [2.45, 2.75) is 12.8 Å². The number of hydrogen-bond donors (Lipinski definition) is 2. The van der Waals surface area contributed by atoms with E-state index in [1.807, 2.05) is 0 Å². The van der Waals surface area contributed by atoms with E-state index >= 15 is 0 Å². The first-order valence-electron chi connectivity index (χ1n) is 5.99. The van der Waals surface area contributed by atoms with Crippen LogP contribution in [0.25, 0.3) is 0 Å². The number of Topliss-reactive ketones (excluding diaryl/α,β-unsaturated/α-hetero) is 1. The number of carbonyl (C=O) groups excluding carboxylic acids is 2. The lowest BCUT2D eigenvalue weighted by molar-refractivity contribution is 0.0603. The molecule has 102 valence electrons. The molecule has 2 rings (SSSR count). The van der Waals surface area contributed by atoms with Gasteiger partial charge in [-0.1, -0.05) is 6.08 Å². The predicted molar refractivity (Wildman–Crippen MR) is 75.8 cm³/mol. The van der Waals surface area contributed by atoms with Gasteiger partial charge in [-0.05, 0) is 12.8 Å². The van der Waals surface area contributed by atoms with Crippen LogP contribution in [0.2, 0.25) is 0 Å². The molecule has 5 nitrogen and oxygen atoms in total. The summed E-state index contributed by atoms with van der Waals surface area (Å²) in [5, 5.41) is 3.58. The van der Waals surface area contributed by atoms with Gasteiger partial charge in [0.25, 0.3) is 0 Å². The smallest absolute Gasteiger partial charge is 0.343 e. The molecule has 0 unspecified atom stereocenters. The lowest BCUT2D eigenvalue weighted by Gasteiger charge is -2.04. The van der Waals surface area contributed by atoms with Crippen molar-refractivity contribution in [3.8, 4) is 0 Å². The third-order valence-electron chi connectivity index (χ3n) is 2.91. The van der Waals surface area contributed by atoms with Gasteiger partial charge >= 0.3 is 5.97 Å². The number of nitrogens with two attached hydrogens (primary N) is 1.